The lowest BCUT2D eigenvalue weighted by atomic mass is 9.35. The van der Waals surface area contributed by atoms with Crippen LogP contribution in [-0.2, 0) is 52.2 Å². The van der Waals surface area contributed by atoms with Crippen LogP contribution in [0.5, 0.6) is 0 Å². The first-order valence-electron chi connectivity index (χ1n) is 28.9. The maximum Gasteiger partial charge on any atom is 0.317 e. The summed E-state index contributed by atoms with van der Waals surface area (Å²) in [5.41, 5.74) is -1.85. The Morgan fingerprint density at radius 2 is 1.18 bits per heavy atom. The van der Waals surface area contributed by atoms with Crippen molar-refractivity contribution in [1.29, 1.82) is 0 Å². The van der Waals surface area contributed by atoms with Gasteiger partial charge in [0.15, 0.2) is 31.5 Å². The Bertz CT molecular complexity index is 2220. The van der Waals surface area contributed by atoms with Crippen LogP contribution in [0.15, 0.2) is 11.6 Å². The SMILES string of the molecule is CC(C)=CCC[C@](C)(O[C@@H]1O[C@H](CO[C@@H]2O[C@@H](O)[C@H](O)[C@@H](O)[C@H]2O)[C@@H](O)[C@H](O)[C@H]1O)[C@H]1CC[C@]2(C)[C@H]1[C@H](O)C[C@@H]1[C@@]3(C)CC[C@H](O[C@@H]4O[C@H](CO)[C@@H](O)[C@H](O)[C@H]4O[C@@H]4O[C@H](COC(=O)CC(=O)O)[C@@H](O)[C@H](O)[C@H]4O)C(C)(C)[C@H]3CC[C@]12C. The van der Waals surface area contributed by atoms with Gasteiger partial charge in [0.05, 0.1) is 31.0 Å². The number of aliphatic hydroxyl groups is 14. The van der Waals surface area contributed by atoms with E-state index >= 15 is 0 Å². The fourth-order valence-corrected chi connectivity index (χ4v) is 16.4. The van der Waals surface area contributed by atoms with Crippen molar-refractivity contribution < 1.29 is 129 Å². The number of ether oxygens (including phenoxy) is 9. The molecule has 0 bridgehead atoms. The number of aliphatic hydroxyl groups excluding tert-OH is 14. The minimum atomic E-state index is -1.95. The Labute approximate surface area is 476 Å². The molecule has 15 N–H and O–H groups in total. The van der Waals surface area contributed by atoms with Crippen LogP contribution in [-0.4, -0.2) is 249 Å². The molecule has 0 aromatic heterocycles. The normalized spacial score (nSPS) is 50.0. The minimum Gasteiger partial charge on any atom is -0.481 e. The summed E-state index contributed by atoms with van der Waals surface area (Å²) in [4.78, 5) is 23.0. The Morgan fingerprint density at radius 3 is 1.82 bits per heavy atom. The first kappa shape index (κ1) is 65.8. The van der Waals surface area contributed by atoms with Gasteiger partial charge in [0.1, 0.15) is 105 Å². The van der Waals surface area contributed by atoms with E-state index in [1.807, 2.05) is 20.8 Å². The van der Waals surface area contributed by atoms with Gasteiger partial charge in [-0.05, 0) is 124 Å². The van der Waals surface area contributed by atoms with Gasteiger partial charge in [0, 0.05) is 0 Å². The summed E-state index contributed by atoms with van der Waals surface area (Å²) in [6.07, 6.45) is -29.3. The van der Waals surface area contributed by atoms with Gasteiger partial charge in [0.2, 0.25) is 0 Å². The molecular weight excluding hydrogens is 1090 g/mol. The van der Waals surface area contributed by atoms with Crippen LogP contribution in [0.4, 0.5) is 0 Å². The van der Waals surface area contributed by atoms with E-state index in [0.29, 0.717) is 38.5 Å². The van der Waals surface area contributed by atoms with E-state index < -0.39 is 190 Å². The molecule has 0 aromatic rings. The Hall–Kier alpha value is -2.20. The fourth-order valence-electron chi connectivity index (χ4n) is 16.4. The van der Waals surface area contributed by atoms with Crippen LogP contribution in [0.25, 0.3) is 0 Å². The highest BCUT2D eigenvalue weighted by atomic mass is 16.8. The summed E-state index contributed by atoms with van der Waals surface area (Å²) in [5, 5.41) is 162. The van der Waals surface area contributed by atoms with Gasteiger partial charge in [-0.15, -0.1) is 0 Å². The van der Waals surface area contributed by atoms with Crippen LogP contribution in [0.2, 0.25) is 0 Å². The zero-order valence-electron chi connectivity index (χ0n) is 48.0. The van der Waals surface area contributed by atoms with Crippen molar-refractivity contribution in [2.75, 3.05) is 19.8 Å². The van der Waals surface area contributed by atoms with Crippen molar-refractivity contribution in [3.05, 3.63) is 11.6 Å². The van der Waals surface area contributed by atoms with Crippen molar-refractivity contribution >= 4 is 11.9 Å². The van der Waals surface area contributed by atoms with Gasteiger partial charge >= 0.3 is 11.9 Å². The van der Waals surface area contributed by atoms with E-state index in [1.54, 1.807) is 0 Å². The highest BCUT2D eigenvalue weighted by Crippen LogP contribution is 2.76. The number of hydrogen-bond donors (Lipinski definition) is 15. The van der Waals surface area contributed by atoms with Crippen molar-refractivity contribution in [2.45, 2.75) is 260 Å². The van der Waals surface area contributed by atoms with Crippen LogP contribution in [0.3, 0.4) is 0 Å². The number of aliphatic carboxylic acids is 1. The van der Waals surface area contributed by atoms with E-state index in [4.69, 9.17) is 47.7 Å². The van der Waals surface area contributed by atoms with Crippen LogP contribution in [0.1, 0.15) is 120 Å². The average Bonchev–Trinajstić information content (AvgIpc) is 1.26. The molecule has 472 valence electrons. The number of esters is 1. The molecule has 4 aliphatic carbocycles. The van der Waals surface area contributed by atoms with Gasteiger partial charge in [-0.3, -0.25) is 9.59 Å². The largest absolute Gasteiger partial charge is 0.481 e. The number of carbonyl (C=O) groups is 2. The lowest BCUT2D eigenvalue weighted by Crippen LogP contribution is -2.68. The third kappa shape index (κ3) is 12.1. The molecule has 26 heteroatoms. The molecule has 4 heterocycles. The zero-order valence-corrected chi connectivity index (χ0v) is 48.0. The molecular formula is C56H92O26. The Morgan fingerprint density at radius 1 is 0.610 bits per heavy atom. The molecule has 0 spiro atoms. The summed E-state index contributed by atoms with van der Waals surface area (Å²) < 4.78 is 53.5. The summed E-state index contributed by atoms with van der Waals surface area (Å²) >= 11 is 0. The molecule has 4 saturated carbocycles. The smallest absolute Gasteiger partial charge is 0.317 e. The summed E-state index contributed by atoms with van der Waals surface area (Å²) in [7, 11) is 0. The lowest BCUT2D eigenvalue weighted by molar-refractivity contribution is -0.378. The van der Waals surface area contributed by atoms with Crippen molar-refractivity contribution in [2.24, 2.45) is 45.3 Å². The number of carboxylic acids is 1. The molecule has 0 unspecified atom stereocenters. The average molecular weight is 1180 g/mol. The standard InChI is InChI=1S/C56H92O26/c1-23(2)10-9-14-56(8,82-50-45(72)39(66)37(64)28(78-50)22-75-48-43(70)40(67)42(69)47(73)81-48)24-11-16-55(7)34(24)25(58)18-30-53(5)15-13-31(52(3,4)29(53)12-17-54(30,55)6)79-51-46(41(68)35(62)26(20-57)76-51)80-49-44(71)38(65)36(63)27(77-49)21-74-33(61)19-32(59)60/h10,24-31,34-51,57-58,62-73H,9,11-22H2,1-8H3,(H,59,60)/t24-,25+,26+,27+,28+,29+,30+,31-,34+,35+,36+,37+,38-,39-,40+,41-,42+,43+,44+,45+,46+,47+,48+,49-,50-,51-,53-,54+,55+,56-/m0/s1. The number of hydrogen-bond acceptors (Lipinski definition) is 25. The molecule has 0 aromatic carbocycles. The van der Waals surface area contributed by atoms with E-state index in [-0.39, 0.29) is 34.5 Å². The Balaban J connectivity index is 0.998. The predicted molar refractivity (Wildman–Crippen MR) is 277 cm³/mol. The summed E-state index contributed by atoms with van der Waals surface area (Å²) in [5.74, 6) is -3.28. The van der Waals surface area contributed by atoms with E-state index in [1.165, 1.54) is 0 Å². The third-order valence-electron chi connectivity index (χ3n) is 21.1. The Kier molecular flexibility index (Phi) is 20.1. The van der Waals surface area contributed by atoms with Gasteiger partial charge in [-0.1, -0.05) is 46.3 Å². The third-order valence-corrected chi connectivity index (χ3v) is 21.1. The minimum absolute atomic E-state index is 0.00863. The highest BCUT2D eigenvalue weighted by Gasteiger charge is 2.72. The molecule has 4 aliphatic heterocycles. The number of carboxylic acid groups (broad SMARTS) is 1. The number of rotatable bonds is 18. The summed E-state index contributed by atoms with van der Waals surface area (Å²) in [6, 6.07) is 0. The van der Waals surface area contributed by atoms with E-state index in [2.05, 4.69) is 40.7 Å². The molecule has 26 nitrogen and oxygen atoms in total. The molecule has 4 saturated heterocycles. The maximum atomic E-state index is 12.9. The zero-order chi connectivity index (χ0) is 60.5. The molecule has 30 atom stereocenters. The van der Waals surface area contributed by atoms with Gasteiger partial charge in [-0.2, -0.15) is 0 Å². The second-order valence-corrected chi connectivity index (χ2v) is 26.5. The molecule has 0 amide bonds. The van der Waals surface area contributed by atoms with Crippen LogP contribution < -0.4 is 0 Å². The van der Waals surface area contributed by atoms with Gasteiger partial charge in [-0.25, -0.2) is 0 Å². The van der Waals surface area contributed by atoms with Crippen molar-refractivity contribution in [3.8, 4) is 0 Å². The maximum absolute atomic E-state index is 12.9. The second-order valence-electron chi connectivity index (χ2n) is 26.5. The van der Waals surface area contributed by atoms with Crippen LogP contribution in [0, 0.1) is 45.3 Å². The van der Waals surface area contributed by atoms with Crippen molar-refractivity contribution in [3.63, 3.8) is 0 Å². The van der Waals surface area contributed by atoms with E-state index in [9.17, 15) is 81.1 Å². The van der Waals surface area contributed by atoms with Gasteiger partial charge < -0.3 is 119 Å². The van der Waals surface area contributed by atoms with Crippen LogP contribution >= 0.6 is 0 Å². The lowest BCUT2D eigenvalue weighted by Gasteiger charge is -2.71. The van der Waals surface area contributed by atoms with Gasteiger partial charge in [0.25, 0.3) is 0 Å². The molecule has 8 fully saturated rings. The van der Waals surface area contributed by atoms with Crippen molar-refractivity contribution in [1.82, 2.24) is 0 Å². The fraction of sp³-hybridized carbons (Fsp3) is 0.929. The predicted octanol–water partition coefficient (Wildman–Crippen LogP) is -2.22. The number of carbonyl (C=O) groups excluding carboxylic acids is 1. The topological polar surface area (TPSA) is 421 Å². The van der Waals surface area contributed by atoms with E-state index in [0.717, 1.165) is 24.8 Å². The summed E-state index contributed by atoms with van der Waals surface area (Å²) in [6.45, 7) is 14.9. The molecule has 8 rings (SSSR count). The first-order valence-corrected chi connectivity index (χ1v) is 28.9. The molecule has 8 aliphatic rings. The highest BCUT2D eigenvalue weighted by molar-refractivity contribution is 5.90. The molecule has 82 heavy (non-hydrogen) atoms. The first-order chi connectivity index (χ1) is 38.3. The second kappa shape index (κ2) is 25.1. The monoisotopic (exact) mass is 1180 g/mol. The molecule has 0 radical (unpaired) electrons. The number of fused-ring (bicyclic) bond motifs is 5. The quantitative estimate of drug-likeness (QED) is 0.0299. The number of allylic oxidation sites excluding steroid dienone is 2.